The second-order valence-electron chi connectivity index (χ2n) is 3.74. The second kappa shape index (κ2) is 1.95. The van der Waals surface area contributed by atoms with E-state index in [9.17, 15) is 0 Å². The minimum absolute atomic E-state index is 1.11. The molecule has 0 unspecified atom stereocenters. The summed E-state index contributed by atoms with van der Waals surface area (Å²) in [7, 11) is 0. The number of aromatic nitrogens is 1. The first kappa shape index (κ1) is 6.55. The third kappa shape index (κ3) is 0.643. The highest BCUT2D eigenvalue weighted by Gasteiger charge is 2.12. The topological polar surface area (TPSA) is 12.9 Å². The molecule has 1 aromatic heterocycles. The highest BCUT2D eigenvalue weighted by molar-refractivity contribution is 6.25. The third-order valence-electron chi connectivity index (χ3n) is 2.89. The first-order valence-corrected chi connectivity index (χ1v) is 4.76. The highest BCUT2D eigenvalue weighted by Crippen LogP contribution is 2.37. The van der Waals surface area contributed by atoms with Crippen LogP contribution in [0.1, 0.15) is 0 Å². The van der Waals surface area contributed by atoms with Gasteiger partial charge in [-0.2, -0.15) is 0 Å². The standard InChI is InChI=1S/C13H7N/c1-2-4-11-9(3-1)13-10-7-8(10)5-6-12(13)14-11/h1-7H. The maximum absolute atomic E-state index is 4.59. The summed E-state index contributed by atoms with van der Waals surface area (Å²) < 4.78 is 0. The Morgan fingerprint density at radius 1 is 0.786 bits per heavy atom. The van der Waals surface area contributed by atoms with Gasteiger partial charge in [0.1, 0.15) is 0 Å². The number of hydrogen-bond acceptors (Lipinski definition) is 1. The molecule has 0 N–H and O–H groups in total. The van der Waals surface area contributed by atoms with Crippen LogP contribution in [-0.2, 0) is 0 Å². The summed E-state index contributed by atoms with van der Waals surface area (Å²) in [6.07, 6.45) is 0. The van der Waals surface area contributed by atoms with Crippen molar-refractivity contribution in [1.82, 2.24) is 4.98 Å². The van der Waals surface area contributed by atoms with Gasteiger partial charge in [0, 0.05) is 10.8 Å². The van der Waals surface area contributed by atoms with Crippen LogP contribution in [0.4, 0.5) is 0 Å². The van der Waals surface area contributed by atoms with Crippen molar-refractivity contribution in [2.24, 2.45) is 0 Å². The van der Waals surface area contributed by atoms with E-state index < -0.39 is 0 Å². The van der Waals surface area contributed by atoms with Crippen LogP contribution in [0.2, 0.25) is 0 Å². The van der Waals surface area contributed by atoms with Gasteiger partial charge < -0.3 is 0 Å². The molecule has 0 bridgehead atoms. The van der Waals surface area contributed by atoms with E-state index in [1.54, 1.807) is 0 Å². The van der Waals surface area contributed by atoms with Crippen LogP contribution in [0.15, 0.2) is 42.5 Å². The Morgan fingerprint density at radius 2 is 1.71 bits per heavy atom. The van der Waals surface area contributed by atoms with Crippen molar-refractivity contribution in [3.05, 3.63) is 42.5 Å². The molecule has 14 heavy (non-hydrogen) atoms. The van der Waals surface area contributed by atoms with Gasteiger partial charge in [0.05, 0.1) is 11.0 Å². The summed E-state index contributed by atoms with van der Waals surface area (Å²) in [5, 5.41) is 5.37. The lowest BCUT2D eigenvalue weighted by Gasteiger charge is -1.86. The first-order valence-electron chi connectivity index (χ1n) is 4.76. The zero-order valence-electron chi connectivity index (χ0n) is 7.49. The average Bonchev–Trinajstić information content (AvgIpc) is 2.91. The second-order valence-corrected chi connectivity index (χ2v) is 3.74. The van der Waals surface area contributed by atoms with E-state index in [0.717, 1.165) is 11.0 Å². The van der Waals surface area contributed by atoms with Crippen LogP contribution in [0.25, 0.3) is 32.6 Å². The Hall–Kier alpha value is -1.89. The molecule has 0 aliphatic rings. The highest BCUT2D eigenvalue weighted by atomic mass is 14.7. The fourth-order valence-electron chi connectivity index (χ4n) is 2.15. The lowest BCUT2D eigenvalue weighted by atomic mass is 10.1. The molecule has 1 heteroatoms. The molecule has 0 aliphatic carbocycles. The largest absolute Gasteiger partial charge is 0.248 e. The molecule has 1 heterocycles. The summed E-state index contributed by atoms with van der Waals surface area (Å²) in [6.45, 7) is 0. The molecule has 0 aliphatic heterocycles. The lowest BCUT2D eigenvalue weighted by Crippen LogP contribution is -1.62. The quantitative estimate of drug-likeness (QED) is 0.401. The van der Waals surface area contributed by atoms with E-state index in [1.165, 1.54) is 21.5 Å². The summed E-state index contributed by atoms with van der Waals surface area (Å²) in [5.74, 6) is 0. The van der Waals surface area contributed by atoms with E-state index in [1.807, 2.05) is 6.07 Å². The van der Waals surface area contributed by atoms with Gasteiger partial charge in [0.2, 0.25) is 0 Å². The van der Waals surface area contributed by atoms with Gasteiger partial charge in [-0.3, -0.25) is 0 Å². The van der Waals surface area contributed by atoms with E-state index in [2.05, 4.69) is 41.4 Å². The molecule has 4 rings (SSSR count). The minimum atomic E-state index is 1.11. The smallest absolute Gasteiger partial charge is 0.0722 e. The predicted octanol–water partition coefficient (Wildman–Crippen LogP) is 3.42. The number of fused-ring (bicyclic) bond motifs is 5. The molecule has 4 aromatic rings. The van der Waals surface area contributed by atoms with Crippen molar-refractivity contribution >= 4 is 32.6 Å². The van der Waals surface area contributed by atoms with E-state index in [4.69, 9.17) is 0 Å². The molecule has 0 amide bonds. The number of para-hydroxylation sites is 1. The lowest BCUT2D eigenvalue weighted by molar-refractivity contribution is 1.55. The van der Waals surface area contributed by atoms with Crippen LogP contribution in [0, 0.1) is 0 Å². The number of hydrogen-bond donors (Lipinski definition) is 0. The van der Waals surface area contributed by atoms with Crippen LogP contribution in [0.3, 0.4) is 0 Å². The molecular formula is C13H7N. The average molecular weight is 177 g/mol. The van der Waals surface area contributed by atoms with E-state index in [-0.39, 0.29) is 0 Å². The normalized spacial score (nSPS) is 12.3. The molecule has 0 atom stereocenters. The number of nitrogens with zero attached hydrogens (tertiary/aromatic N) is 1. The van der Waals surface area contributed by atoms with Crippen LogP contribution in [-0.4, -0.2) is 4.98 Å². The molecule has 0 saturated carbocycles. The van der Waals surface area contributed by atoms with Gasteiger partial charge >= 0.3 is 0 Å². The van der Waals surface area contributed by atoms with E-state index in [0.29, 0.717) is 0 Å². The molecule has 3 aromatic carbocycles. The van der Waals surface area contributed by atoms with Crippen molar-refractivity contribution in [1.29, 1.82) is 0 Å². The molecular weight excluding hydrogens is 170 g/mol. The SMILES string of the molecule is c1ccc2c(c1)nc1ccc3cc3c12. The fourth-order valence-corrected chi connectivity index (χ4v) is 2.15. The summed E-state index contributed by atoms with van der Waals surface area (Å²) >= 11 is 0. The maximum atomic E-state index is 4.59. The van der Waals surface area contributed by atoms with Crippen LogP contribution < -0.4 is 0 Å². The summed E-state index contributed by atoms with van der Waals surface area (Å²) in [6, 6.07) is 14.8. The van der Waals surface area contributed by atoms with Crippen molar-refractivity contribution in [3.63, 3.8) is 0 Å². The van der Waals surface area contributed by atoms with Crippen LogP contribution in [0.5, 0.6) is 0 Å². The van der Waals surface area contributed by atoms with Crippen molar-refractivity contribution in [2.45, 2.75) is 0 Å². The maximum Gasteiger partial charge on any atom is 0.0722 e. The monoisotopic (exact) mass is 177 g/mol. The van der Waals surface area contributed by atoms with Crippen molar-refractivity contribution in [2.75, 3.05) is 0 Å². The Labute approximate surface area is 80.7 Å². The summed E-state index contributed by atoms with van der Waals surface area (Å²) in [4.78, 5) is 4.59. The zero-order chi connectivity index (χ0) is 9.12. The Morgan fingerprint density at radius 3 is 2.71 bits per heavy atom. The predicted molar refractivity (Wildman–Crippen MR) is 59.1 cm³/mol. The Bertz CT molecular complexity index is 727. The van der Waals surface area contributed by atoms with Crippen LogP contribution >= 0.6 is 0 Å². The molecule has 0 fully saturated rings. The van der Waals surface area contributed by atoms with Gasteiger partial charge in [0.15, 0.2) is 0 Å². The zero-order valence-corrected chi connectivity index (χ0v) is 7.49. The third-order valence-corrected chi connectivity index (χ3v) is 2.89. The fraction of sp³-hybridized carbons (Fsp3) is 0. The van der Waals surface area contributed by atoms with Gasteiger partial charge in [0.25, 0.3) is 0 Å². The van der Waals surface area contributed by atoms with Gasteiger partial charge in [-0.05, 0) is 29.0 Å². The molecule has 0 radical (unpaired) electrons. The number of benzene rings is 2. The van der Waals surface area contributed by atoms with Gasteiger partial charge in [-0.15, -0.1) is 0 Å². The first-order chi connectivity index (χ1) is 6.93. The minimum Gasteiger partial charge on any atom is -0.248 e. The van der Waals surface area contributed by atoms with Gasteiger partial charge in [-0.1, -0.05) is 24.3 Å². The van der Waals surface area contributed by atoms with Crippen molar-refractivity contribution in [3.8, 4) is 0 Å². The number of rotatable bonds is 0. The Balaban J connectivity index is 2.43. The Kier molecular flexibility index (Phi) is 0.914. The summed E-state index contributed by atoms with van der Waals surface area (Å²) in [5.41, 5.74) is 2.23. The van der Waals surface area contributed by atoms with Crippen molar-refractivity contribution < 1.29 is 0 Å². The van der Waals surface area contributed by atoms with E-state index >= 15 is 0 Å². The molecule has 0 spiro atoms. The van der Waals surface area contributed by atoms with Gasteiger partial charge in [-0.25, -0.2) is 4.98 Å². The molecule has 64 valence electrons. The molecule has 1 nitrogen and oxygen atoms in total. The molecule has 0 saturated heterocycles.